The minimum absolute atomic E-state index is 0.274. The van der Waals surface area contributed by atoms with Crippen molar-refractivity contribution in [2.75, 3.05) is 19.7 Å². The summed E-state index contributed by atoms with van der Waals surface area (Å²) in [4.78, 5) is 4.35. The van der Waals surface area contributed by atoms with Gasteiger partial charge in [0, 0.05) is 13.1 Å². The Kier molecular flexibility index (Phi) is 2.31. The second-order valence-corrected chi connectivity index (χ2v) is 4.15. The largest absolute Gasteiger partial charge is 0.365 e. The number of morpholine rings is 1. The van der Waals surface area contributed by atoms with E-state index in [1.807, 2.05) is 6.92 Å². The first-order valence-corrected chi connectivity index (χ1v) is 5.13. The molecule has 1 aliphatic rings. The van der Waals surface area contributed by atoms with Crippen molar-refractivity contribution in [2.24, 2.45) is 0 Å². The van der Waals surface area contributed by atoms with Gasteiger partial charge in [-0.25, -0.2) is 4.98 Å². The second kappa shape index (κ2) is 3.32. The molecule has 0 aromatic carbocycles. The van der Waals surface area contributed by atoms with E-state index in [9.17, 15) is 0 Å². The van der Waals surface area contributed by atoms with E-state index in [-0.39, 0.29) is 5.60 Å². The molecular formula is C8H13N3OS. The summed E-state index contributed by atoms with van der Waals surface area (Å²) in [5, 5.41) is 4.27. The van der Waals surface area contributed by atoms with E-state index in [0.717, 1.165) is 30.5 Å². The van der Waals surface area contributed by atoms with Crippen LogP contribution >= 0.6 is 11.5 Å². The molecule has 2 heterocycles. The van der Waals surface area contributed by atoms with Crippen LogP contribution in [0.5, 0.6) is 0 Å². The molecule has 1 atom stereocenters. The Bertz CT molecular complexity index is 293. The maximum atomic E-state index is 5.71. The Morgan fingerprint density at radius 2 is 2.46 bits per heavy atom. The SMILES string of the molecule is Cc1nsc(C2(C)CNCCO2)n1. The van der Waals surface area contributed by atoms with Gasteiger partial charge in [-0.2, -0.15) is 4.37 Å². The zero-order valence-corrected chi connectivity index (χ0v) is 8.65. The van der Waals surface area contributed by atoms with Gasteiger partial charge in [0.05, 0.1) is 6.61 Å². The van der Waals surface area contributed by atoms with E-state index < -0.39 is 0 Å². The number of hydrogen-bond acceptors (Lipinski definition) is 5. The molecule has 0 radical (unpaired) electrons. The Balaban J connectivity index is 2.22. The molecule has 1 fully saturated rings. The van der Waals surface area contributed by atoms with Crippen LogP contribution in [-0.2, 0) is 10.3 Å². The molecule has 0 spiro atoms. The van der Waals surface area contributed by atoms with Crippen LogP contribution < -0.4 is 5.32 Å². The monoisotopic (exact) mass is 199 g/mol. The molecule has 72 valence electrons. The topological polar surface area (TPSA) is 47.0 Å². The Hall–Kier alpha value is -0.520. The molecule has 13 heavy (non-hydrogen) atoms. The van der Waals surface area contributed by atoms with Gasteiger partial charge >= 0.3 is 0 Å². The summed E-state index contributed by atoms with van der Waals surface area (Å²) in [6.07, 6.45) is 0. The van der Waals surface area contributed by atoms with Gasteiger partial charge in [-0.3, -0.25) is 0 Å². The molecule has 1 saturated heterocycles. The van der Waals surface area contributed by atoms with Gasteiger partial charge in [0.25, 0.3) is 0 Å². The van der Waals surface area contributed by atoms with Crippen molar-refractivity contribution in [1.29, 1.82) is 0 Å². The lowest BCUT2D eigenvalue weighted by Crippen LogP contribution is -2.45. The molecule has 1 unspecified atom stereocenters. The predicted molar refractivity (Wildman–Crippen MR) is 50.8 cm³/mol. The van der Waals surface area contributed by atoms with Crippen LogP contribution in [0.2, 0.25) is 0 Å². The summed E-state index contributed by atoms with van der Waals surface area (Å²) in [6.45, 7) is 6.45. The van der Waals surface area contributed by atoms with E-state index >= 15 is 0 Å². The first kappa shape index (κ1) is 9.05. The zero-order valence-electron chi connectivity index (χ0n) is 7.83. The lowest BCUT2D eigenvalue weighted by atomic mass is 10.1. The minimum atomic E-state index is -0.274. The fourth-order valence-corrected chi connectivity index (χ4v) is 2.13. The van der Waals surface area contributed by atoms with Crippen LogP contribution in [0.1, 0.15) is 17.8 Å². The Labute approximate surface area is 81.5 Å². The first-order valence-electron chi connectivity index (χ1n) is 4.36. The van der Waals surface area contributed by atoms with Crippen molar-refractivity contribution in [2.45, 2.75) is 19.4 Å². The van der Waals surface area contributed by atoms with Gasteiger partial charge in [-0.1, -0.05) is 0 Å². The first-order chi connectivity index (χ1) is 6.21. The summed E-state index contributed by atoms with van der Waals surface area (Å²) >= 11 is 1.43. The normalized spacial score (nSPS) is 29.1. The molecule has 1 N–H and O–H groups in total. The molecule has 5 heteroatoms. The number of aromatic nitrogens is 2. The number of nitrogens with zero attached hydrogens (tertiary/aromatic N) is 2. The lowest BCUT2D eigenvalue weighted by molar-refractivity contribution is -0.0573. The molecule has 0 saturated carbocycles. The minimum Gasteiger partial charge on any atom is -0.365 e. The fourth-order valence-electron chi connectivity index (χ4n) is 1.38. The van der Waals surface area contributed by atoms with E-state index in [1.54, 1.807) is 0 Å². The van der Waals surface area contributed by atoms with E-state index in [0.29, 0.717) is 0 Å². The van der Waals surface area contributed by atoms with Gasteiger partial charge in [0.15, 0.2) is 0 Å². The van der Waals surface area contributed by atoms with Crippen LogP contribution in [0.3, 0.4) is 0 Å². The van der Waals surface area contributed by atoms with Gasteiger partial charge in [0.2, 0.25) is 0 Å². The van der Waals surface area contributed by atoms with Crippen molar-refractivity contribution in [1.82, 2.24) is 14.7 Å². The summed E-state index contributed by atoms with van der Waals surface area (Å²) in [6, 6.07) is 0. The highest BCUT2D eigenvalue weighted by atomic mass is 32.1. The lowest BCUT2D eigenvalue weighted by Gasteiger charge is -2.31. The molecule has 0 bridgehead atoms. The van der Waals surface area contributed by atoms with Gasteiger partial charge in [0.1, 0.15) is 16.4 Å². The smallest absolute Gasteiger partial charge is 0.146 e. The van der Waals surface area contributed by atoms with Gasteiger partial charge < -0.3 is 10.1 Å². The number of rotatable bonds is 1. The molecule has 1 aromatic heterocycles. The molecule has 2 rings (SSSR count). The van der Waals surface area contributed by atoms with Crippen molar-refractivity contribution in [3.8, 4) is 0 Å². The molecule has 1 aromatic rings. The fraction of sp³-hybridized carbons (Fsp3) is 0.750. The van der Waals surface area contributed by atoms with Crippen LogP contribution in [0.4, 0.5) is 0 Å². The highest BCUT2D eigenvalue weighted by Gasteiger charge is 2.33. The van der Waals surface area contributed by atoms with Gasteiger partial charge in [-0.05, 0) is 25.4 Å². The summed E-state index contributed by atoms with van der Waals surface area (Å²) in [5.41, 5.74) is -0.274. The quantitative estimate of drug-likeness (QED) is 0.722. The van der Waals surface area contributed by atoms with Crippen molar-refractivity contribution in [3.63, 3.8) is 0 Å². The third-order valence-electron chi connectivity index (χ3n) is 2.14. The molecule has 0 aliphatic carbocycles. The second-order valence-electron chi connectivity index (χ2n) is 3.40. The summed E-state index contributed by atoms with van der Waals surface area (Å²) in [5.74, 6) is 0.829. The zero-order chi connectivity index (χ0) is 9.31. The highest BCUT2D eigenvalue weighted by molar-refractivity contribution is 7.05. The summed E-state index contributed by atoms with van der Waals surface area (Å²) in [7, 11) is 0. The molecular weight excluding hydrogens is 186 g/mol. The standard InChI is InChI=1S/C8H13N3OS/c1-6-10-7(13-11-6)8(2)5-9-3-4-12-8/h9H,3-5H2,1-2H3. The van der Waals surface area contributed by atoms with Crippen molar-refractivity contribution in [3.05, 3.63) is 10.8 Å². The van der Waals surface area contributed by atoms with E-state index in [2.05, 4.69) is 21.6 Å². The number of hydrogen-bond donors (Lipinski definition) is 1. The van der Waals surface area contributed by atoms with Crippen LogP contribution in [0.25, 0.3) is 0 Å². The van der Waals surface area contributed by atoms with Crippen LogP contribution in [0, 0.1) is 6.92 Å². The molecule has 1 aliphatic heterocycles. The molecule has 0 amide bonds. The number of nitrogens with one attached hydrogen (secondary N) is 1. The van der Waals surface area contributed by atoms with E-state index in [1.165, 1.54) is 11.5 Å². The van der Waals surface area contributed by atoms with Crippen LogP contribution in [-0.4, -0.2) is 29.1 Å². The van der Waals surface area contributed by atoms with E-state index in [4.69, 9.17) is 4.74 Å². The Morgan fingerprint density at radius 3 is 3.00 bits per heavy atom. The maximum absolute atomic E-state index is 5.71. The van der Waals surface area contributed by atoms with Crippen LogP contribution in [0.15, 0.2) is 0 Å². The predicted octanol–water partition coefficient (Wildman–Crippen LogP) is 0.682. The maximum Gasteiger partial charge on any atom is 0.146 e. The average molecular weight is 199 g/mol. The third-order valence-corrected chi connectivity index (χ3v) is 3.19. The molecule has 4 nitrogen and oxygen atoms in total. The van der Waals surface area contributed by atoms with Crippen molar-refractivity contribution < 1.29 is 4.74 Å². The third kappa shape index (κ3) is 1.72. The number of ether oxygens (including phenoxy) is 1. The average Bonchev–Trinajstić information content (AvgIpc) is 2.54. The van der Waals surface area contributed by atoms with Gasteiger partial charge in [-0.15, -0.1) is 0 Å². The Morgan fingerprint density at radius 1 is 1.62 bits per heavy atom. The van der Waals surface area contributed by atoms with Crippen molar-refractivity contribution >= 4 is 11.5 Å². The highest BCUT2D eigenvalue weighted by Crippen LogP contribution is 2.27. The number of aryl methyl sites for hydroxylation is 1. The summed E-state index contributed by atoms with van der Waals surface area (Å²) < 4.78 is 9.87.